The molecule has 1 amide bonds. The number of hydrogen-bond donors (Lipinski definition) is 2. The van der Waals surface area contributed by atoms with Gasteiger partial charge in [0, 0.05) is 19.4 Å². The molecule has 1 aliphatic rings. The number of carboxylic acids is 1. The Balaban J connectivity index is 1.65. The van der Waals surface area contributed by atoms with Crippen LogP contribution < -0.4 is 10.1 Å². The zero-order valence-corrected chi connectivity index (χ0v) is 14.1. The second-order valence-corrected chi connectivity index (χ2v) is 6.40. The van der Waals surface area contributed by atoms with Crippen molar-refractivity contribution in [3.63, 3.8) is 0 Å². The van der Waals surface area contributed by atoms with Crippen molar-refractivity contribution in [1.82, 2.24) is 5.32 Å². The van der Waals surface area contributed by atoms with Gasteiger partial charge in [0.1, 0.15) is 5.75 Å². The summed E-state index contributed by atoms with van der Waals surface area (Å²) in [7, 11) is 0. The zero-order valence-electron chi connectivity index (χ0n) is 14.1. The third kappa shape index (κ3) is 7.02. The third-order valence-electron chi connectivity index (χ3n) is 4.31. The number of carbonyl (C=O) groups is 2. The Hall–Kier alpha value is -2.04. The SMILES string of the molecule is O=C(O)CCCCC(=O)NCc1ccc(OC2CCCCC2)cc1. The molecule has 5 nitrogen and oxygen atoms in total. The van der Waals surface area contributed by atoms with Crippen molar-refractivity contribution in [3.8, 4) is 5.75 Å². The summed E-state index contributed by atoms with van der Waals surface area (Å²) in [4.78, 5) is 22.1. The summed E-state index contributed by atoms with van der Waals surface area (Å²) in [6, 6.07) is 7.87. The van der Waals surface area contributed by atoms with Crippen molar-refractivity contribution in [2.24, 2.45) is 0 Å². The lowest BCUT2D eigenvalue weighted by Crippen LogP contribution is -2.22. The molecule has 5 heteroatoms. The van der Waals surface area contributed by atoms with E-state index in [1.165, 1.54) is 19.3 Å². The fraction of sp³-hybridized carbons (Fsp3) is 0.579. The van der Waals surface area contributed by atoms with Gasteiger partial charge >= 0.3 is 5.97 Å². The summed E-state index contributed by atoms with van der Waals surface area (Å²) in [5, 5.41) is 11.4. The van der Waals surface area contributed by atoms with E-state index in [4.69, 9.17) is 9.84 Å². The Morgan fingerprint density at radius 2 is 1.71 bits per heavy atom. The summed E-state index contributed by atoms with van der Waals surface area (Å²) in [5.41, 5.74) is 1.03. The molecule has 0 saturated heterocycles. The molecule has 1 fully saturated rings. The van der Waals surface area contributed by atoms with Gasteiger partial charge in [0.05, 0.1) is 6.10 Å². The fourth-order valence-corrected chi connectivity index (χ4v) is 2.91. The highest BCUT2D eigenvalue weighted by atomic mass is 16.5. The van der Waals surface area contributed by atoms with Crippen LogP contribution in [0, 0.1) is 0 Å². The molecule has 0 atom stereocenters. The summed E-state index contributed by atoms with van der Waals surface area (Å²) in [5.74, 6) is 0.0412. The Morgan fingerprint density at radius 3 is 2.38 bits per heavy atom. The van der Waals surface area contributed by atoms with Gasteiger partial charge in [-0.25, -0.2) is 0 Å². The minimum absolute atomic E-state index is 0.0390. The van der Waals surface area contributed by atoms with Crippen molar-refractivity contribution in [2.75, 3.05) is 0 Å². The number of ether oxygens (including phenoxy) is 1. The zero-order chi connectivity index (χ0) is 17.2. The molecule has 1 saturated carbocycles. The normalized spacial score (nSPS) is 15.0. The predicted molar refractivity (Wildman–Crippen MR) is 91.9 cm³/mol. The average molecular weight is 333 g/mol. The second-order valence-electron chi connectivity index (χ2n) is 6.40. The summed E-state index contributed by atoms with van der Waals surface area (Å²) in [6.07, 6.45) is 8.07. The van der Waals surface area contributed by atoms with E-state index in [1.54, 1.807) is 0 Å². The van der Waals surface area contributed by atoms with Crippen LogP contribution in [-0.4, -0.2) is 23.1 Å². The lowest BCUT2D eigenvalue weighted by Gasteiger charge is -2.23. The maximum absolute atomic E-state index is 11.7. The number of unbranched alkanes of at least 4 members (excludes halogenated alkanes) is 1. The van der Waals surface area contributed by atoms with Crippen LogP contribution in [0.3, 0.4) is 0 Å². The fourth-order valence-electron chi connectivity index (χ4n) is 2.91. The first kappa shape index (κ1) is 18.3. The minimum atomic E-state index is -0.814. The molecule has 0 aromatic heterocycles. The molecule has 1 aliphatic carbocycles. The molecule has 2 rings (SSSR count). The van der Waals surface area contributed by atoms with Gasteiger partial charge in [0.2, 0.25) is 5.91 Å². The first-order valence-electron chi connectivity index (χ1n) is 8.87. The van der Waals surface area contributed by atoms with Crippen LogP contribution in [0.15, 0.2) is 24.3 Å². The van der Waals surface area contributed by atoms with Gasteiger partial charge in [-0.1, -0.05) is 18.6 Å². The van der Waals surface area contributed by atoms with Crippen LogP contribution in [0.25, 0.3) is 0 Å². The molecule has 0 heterocycles. The smallest absolute Gasteiger partial charge is 0.303 e. The topological polar surface area (TPSA) is 75.6 Å². The molecule has 24 heavy (non-hydrogen) atoms. The molecule has 2 N–H and O–H groups in total. The van der Waals surface area contributed by atoms with Gasteiger partial charge in [-0.2, -0.15) is 0 Å². The van der Waals surface area contributed by atoms with Gasteiger partial charge in [0.15, 0.2) is 0 Å². The number of aliphatic carboxylic acids is 1. The molecule has 0 spiro atoms. The Kier molecular flexibility index (Phi) is 7.59. The van der Waals surface area contributed by atoms with Gasteiger partial charge in [-0.3, -0.25) is 9.59 Å². The van der Waals surface area contributed by atoms with E-state index < -0.39 is 5.97 Å². The van der Waals surface area contributed by atoms with E-state index >= 15 is 0 Å². The maximum atomic E-state index is 11.7. The van der Waals surface area contributed by atoms with Crippen LogP contribution >= 0.6 is 0 Å². The number of hydrogen-bond acceptors (Lipinski definition) is 3. The van der Waals surface area contributed by atoms with Crippen molar-refractivity contribution in [1.29, 1.82) is 0 Å². The van der Waals surface area contributed by atoms with E-state index in [-0.39, 0.29) is 12.3 Å². The number of carbonyl (C=O) groups excluding carboxylic acids is 1. The van der Waals surface area contributed by atoms with Crippen LogP contribution in [0.4, 0.5) is 0 Å². The second kappa shape index (κ2) is 9.96. The Morgan fingerprint density at radius 1 is 1.04 bits per heavy atom. The molecule has 0 unspecified atom stereocenters. The quantitative estimate of drug-likeness (QED) is 0.676. The lowest BCUT2D eigenvalue weighted by molar-refractivity contribution is -0.137. The Bertz CT molecular complexity index is 521. The first-order chi connectivity index (χ1) is 11.6. The molecule has 1 aromatic carbocycles. The van der Waals surface area contributed by atoms with Crippen molar-refractivity contribution >= 4 is 11.9 Å². The maximum Gasteiger partial charge on any atom is 0.303 e. The molecular formula is C19H27NO4. The number of nitrogens with one attached hydrogen (secondary N) is 1. The van der Waals surface area contributed by atoms with Crippen molar-refractivity contribution in [3.05, 3.63) is 29.8 Å². The predicted octanol–water partition coefficient (Wildman–Crippen LogP) is 3.66. The number of amides is 1. The van der Waals surface area contributed by atoms with Crippen molar-refractivity contribution < 1.29 is 19.4 Å². The summed E-state index contributed by atoms with van der Waals surface area (Å²) in [6.45, 7) is 0.488. The largest absolute Gasteiger partial charge is 0.490 e. The van der Waals surface area contributed by atoms with Crippen LogP contribution in [-0.2, 0) is 16.1 Å². The highest BCUT2D eigenvalue weighted by molar-refractivity contribution is 5.75. The van der Waals surface area contributed by atoms with E-state index in [0.29, 0.717) is 31.9 Å². The molecule has 132 valence electrons. The molecular weight excluding hydrogens is 306 g/mol. The monoisotopic (exact) mass is 333 g/mol. The average Bonchev–Trinajstić information content (AvgIpc) is 2.59. The third-order valence-corrected chi connectivity index (χ3v) is 4.31. The number of rotatable bonds is 9. The van der Waals surface area contributed by atoms with E-state index in [9.17, 15) is 9.59 Å². The van der Waals surface area contributed by atoms with Gasteiger partial charge in [-0.15, -0.1) is 0 Å². The van der Waals surface area contributed by atoms with Crippen LogP contribution in [0.1, 0.15) is 63.4 Å². The summed E-state index contributed by atoms with van der Waals surface area (Å²) < 4.78 is 5.99. The first-order valence-corrected chi connectivity index (χ1v) is 8.87. The number of benzene rings is 1. The summed E-state index contributed by atoms with van der Waals surface area (Å²) >= 11 is 0. The minimum Gasteiger partial charge on any atom is -0.490 e. The highest BCUT2D eigenvalue weighted by Crippen LogP contribution is 2.23. The molecule has 0 bridgehead atoms. The van der Waals surface area contributed by atoms with Gasteiger partial charge < -0.3 is 15.2 Å². The van der Waals surface area contributed by atoms with Crippen LogP contribution in [0.5, 0.6) is 5.75 Å². The van der Waals surface area contributed by atoms with E-state index in [2.05, 4.69) is 5.32 Å². The standard InChI is InChI=1S/C19H27NO4/c21-18(8-4-5-9-19(22)23)20-14-15-10-12-17(13-11-15)24-16-6-2-1-3-7-16/h10-13,16H,1-9,14H2,(H,20,21)(H,22,23). The van der Waals surface area contributed by atoms with E-state index in [1.807, 2.05) is 24.3 Å². The van der Waals surface area contributed by atoms with Gasteiger partial charge in [0.25, 0.3) is 0 Å². The molecule has 0 radical (unpaired) electrons. The van der Waals surface area contributed by atoms with Gasteiger partial charge in [-0.05, 0) is 56.2 Å². The van der Waals surface area contributed by atoms with E-state index in [0.717, 1.165) is 24.2 Å². The Labute approximate surface area is 143 Å². The van der Waals surface area contributed by atoms with Crippen LogP contribution in [0.2, 0.25) is 0 Å². The molecule has 0 aliphatic heterocycles. The highest BCUT2D eigenvalue weighted by Gasteiger charge is 2.14. The number of carboxylic acid groups (broad SMARTS) is 1. The molecule has 1 aromatic rings. The lowest BCUT2D eigenvalue weighted by atomic mass is 9.98. The van der Waals surface area contributed by atoms with Crippen molar-refractivity contribution in [2.45, 2.75) is 70.4 Å².